The molecule has 2 N–H and O–H groups in total. The molecule has 4 heterocycles. The molecule has 196 valence electrons. The first kappa shape index (κ1) is 25.5. The Hall–Kier alpha value is -3.17. The number of nitrogens with zero attached hydrogens (tertiary/aromatic N) is 4. The molecule has 0 aromatic carbocycles. The van der Waals surface area contributed by atoms with E-state index in [9.17, 15) is 26.4 Å². The van der Waals surface area contributed by atoms with Crippen molar-refractivity contribution in [1.29, 1.82) is 0 Å². The third-order valence-corrected chi connectivity index (χ3v) is 8.91. The van der Waals surface area contributed by atoms with Crippen molar-refractivity contribution in [3.05, 3.63) is 47.5 Å². The van der Waals surface area contributed by atoms with Crippen LogP contribution in [0.2, 0.25) is 0 Å². The van der Waals surface area contributed by atoms with Gasteiger partial charge in [-0.15, -0.1) is 11.3 Å². The van der Waals surface area contributed by atoms with Gasteiger partial charge in [-0.3, -0.25) is 14.5 Å². The summed E-state index contributed by atoms with van der Waals surface area (Å²) < 4.78 is 71.4. The molecule has 0 unspecified atom stereocenters. The van der Waals surface area contributed by atoms with Gasteiger partial charge in [0.2, 0.25) is 15.9 Å². The summed E-state index contributed by atoms with van der Waals surface area (Å²) in [6.45, 7) is 0.628. The normalized spacial score (nSPS) is 17.8. The molecule has 1 aliphatic carbocycles. The summed E-state index contributed by atoms with van der Waals surface area (Å²) in [6.07, 6.45) is 0.384. The summed E-state index contributed by atoms with van der Waals surface area (Å²) in [5, 5.41) is 4.21. The second-order valence-electron chi connectivity index (χ2n) is 8.75. The summed E-state index contributed by atoms with van der Waals surface area (Å²) in [5.41, 5.74) is -1.46. The predicted octanol–water partition coefficient (Wildman–Crippen LogP) is 3.60. The first-order chi connectivity index (χ1) is 17.6. The number of carbonyl (C=O) groups is 1. The van der Waals surface area contributed by atoms with E-state index in [1.165, 1.54) is 24.5 Å². The lowest BCUT2D eigenvalue weighted by Crippen LogP contribution is -2.45. The van der Waals surface area contributed by atoms with E-state index >= 15 is 0 Å². The quantitative estimate of drug-likeness (QED) is 0.452. The van der Waals surface area contributed by atoms with Crippen molar-refractivity contribution in [3.63, 3.8) is 0 Å². The third-order valence-electron chi connectivity index (χ3n) is 6.19. The van der Waals surface area contributed by atoms with E-state index < -0.39 is 38.5 Å². The van der Waals surface area contributed by atoms with Gasteiger partial charge in [-0.2, -0.15) is 13.2 Å². The molecule has 0 atom stereocenters. The summed E-state index contributed by atoms with van der Waals surface area (Å²) in [6, 6.07) is 2.94. The SMILES string of the molecule is O=C(Nc1ccc(-c2cncc(C(F)(F)F)n2)cn1)C1(c2csc(NS(=O)(=O)C3CC3)n2)CCOCC1. The van der Waals surface area contributed by atoms with E-state index in [4.69, 9.17) is 4.74 Å². The fraction of sp³-hybridized carbons (Fsp3) is 0.409. The van der Waals surface area contributed by atoms with Gasteiger partial charge in [0.05, 0.1) is 34.4 Å². The molecule has 1 saturated heterocycles. The standard InChI is InChI=1S/C22H21F3N6O4S2/c23-22(24,25)16-11-26-10-15(28-16)13-1-4-18(27-9-13)30-19(32)21(5-7-35-8-6-21)17-12-36-20(29-17)31-37(33,34)14-2-3-14/h1,4,9-12,14H,2-3,5-8H2,(H,29,31)(H,27,30,32). The van der Waals surface area contributed by atoms with Gasteiger partial charge in [-0.05, 0) is 37.8 Å². The molecule has 5 rings (SSSR count). The predicted molar refractivity (Wildman–Crippen MR) is 128 cm³/mol. The molecule has 2 fully saturated rings. The molecule has 3 aromatic rings. The second kappa shape index (κ2) is 9.61. The van der Waals surface area contributed by atoms with E-state index in [1.54, 1.807) is 5.38 Å². The largest absolute Gasteiger partial charge is 0.434 e. The minimum Gasteiger partial charge on any atom is -0.381 e. The zero-order valence-electron chi connectivity index (χ0n) is 19.2. The molecule has 15 heteroatoms. The fourth-order valence-electron chi connectivity index (χ4n) is 3.94. The van der Waals surface area contributed by atoms with Crippen molar-refractivity contribution in [2.45, 2.75) is 42.5 Å². The van der Waals surface area contributed by atoms with Gasteiger partial charge < -0.3 is 10.1 Å². The maximum Gasteiger partial charge on any atom is 0.434 e. The van der Waals surface area contributed by atoms with Crippen LogP contribution in [0.15, 0.2) is 36.1 Å². The molecule has 1 amide bonds. The smallest absolute Gasteiger partial charge is 0.381 e. The number of aromatic nitrogens is 4. The Morgan fingerprint density at radius 1 is 1.11 bits per heavy atom. The number of amides is 1. The summed E-state index contributed by atoms with van der Waals surface area (Å²) in [4.78, 5) is 29.3. The molecule has 0 bridgehead atoms. The number of anilines is 2. The Labute approximate surface area is 213 Å². The minimum atomic E-state index is -4.63. The Balaban J connectivity index is 1.34. The Bertz CT molecular complexity index is 1400. The second-order valence-corrected chi connectivity index (χ2v) is 11.6. The zero-order chi connectivity index (χ0) is 26.3. The van der Waals surface area contributed by atoms with Crippen LogP contribution in [0.5, 0.6) is 0 Å². The minimum absolute atomic E-state index is 0.00949. The van der Waals surface area contributed by atoms with Crippen LogP contribution in [0.3, 0.4) is 0 Å². The number of hydrogen-bond acceptors (Lipinski definition) is 9. The number of alkyl halides is 3. The molecule has 0 radical (unpaired) electrons. The number of rotatable bonds is 7. The first-order valence-electron chi connectivity index (χ1n) is 11.3. The van der Waals surface area contributed by atoms with E-state index in [-0.39, 0.29) is 16.6 Å². The number of halogens is 3. The van der Waals surface area contributed by atoms with Crippen molar-refractivity contribution in [2.24, 2.45) is 0 Å². The van der Waals surface area contributed by atoms with Gasteiger partial charge >= 0.3 is 6.18 Å². The maximum absolute atomic E-state index is 13.5. The highest BCUT2D eigenvalue weighted by Gasteiger charge is 2.44. The molecule has 3 aromatic heterocycles. The summed E-state index contributed by atoms with van der Waals surface area (Å²) in [5.74, 6) is -0.207. The maximum atomic E-state index is 13.5. The number of sulfonamides is 1. The van der Waals surface area contributed by atoms with Crippen molar-refractivity contribution in [2.75, 3.05) is 23.3 Å². The lowest BCUT2D eigenvalue weighted by molar-refractivity contribution is -0.141. The van der Waals surface area contributed by atoms with Crippen LogP contribution in [0.25, 0.3) is 11.3 Å². The molecule has 1 saturated carbocycles. The van der Waals surface area contributed by atoms with Gasteiger partial charge in [0, 0.05) is 30.4 Å². The van der Waals surface area contributed by atoms with Crippen LogP contribution >= 0.6 is 11.3 Å². The molecular weight excluding hydrogens is 533 g/mol. The van der Waals surface area contributed by atoms with Crippen LogP contribution in [-0.2, 0) is 31.1 Å². The van der Waals surface area contributed by atoms with Gasteiger partial charge in [0.1, 0.15) is 5.82 Å². The van der Waals surface area contributed by atoms with Crippen molar-refractivity contribution < 1.29 is 31.1 Å². The molecule has 0 spiro atoms. The molecule has 1 aliphatic heterocycles. The van der Waals surface area contributed by atoms with E-state index in [0.29, 0.717) is 56.4 Å². The molecule has 10 nitrogen and oxygen atoms in total. The average Bonchev–Trinajstić information content (AvgIpc) is 3.65. The van der Waals surface area contributed by atoms with Crippen LogP contribution in [-0.4, -0.2) is 52.7 Å². The highest BCUT2D eigenvalue weighted by molar-refractivity contribution is 7.93. The van der Waals surface area contributed by atoms with Gasteiger partial charge in [0.15, 0.2) is 10.8 Å². The molecular formula is C22H21F3N6O4S2. The fourth-order valence-corrected chi connectivity index (χ4v) is 6.35. The van der Waals surface area contributed by atoms with Crippen LogP contribution in [0, 0.1) is 0 Å². The van der Waals surface area contributed by atoms with E-state index in [2.05, 4.69) is 30.0 Å². The number of pyridine rings is 1. The van der Waals surface area contributed by atoms with Crippen molar-refractivity contribution in [1.82, 2.24) is 19.9 Å². The van der Waals surface area contributed by atoms with Gasteiger partial charge in [-0.1, -0.05) is 0 Å². The number of thiazole rings is 1. The summed E-state index contributed by atoms with van der Waals surface area (Å²) in [7, 11) is -3.49. The van der Waals surface area contributed by atoms with E-state index in [0.717, 1.165) is 11.3 Å². The van der Waals surface area contributed by atoms with Crippen LogP contribution in [0.1, 0.15) is 37.1 Å². The third kappa shape index (κ3) is 5.43. The lowest BCUT2D eigenvalue weighted by atomic mass is 9.76. The average molecular weight is 555 g/mol. The van der Waals surface area contributed by atoms with Crippen molar-refractivity contribution in [3.8, 4) is 11.3 Å². The number of nitrogens with one attached hydrogen (secondary N) is 2. The number of ether oxygens (including phenoxy) is 1. The van der Waals surface area contributed by atoms with Crippen molar-refractivity contribution >= 4 is 38.2 Å². The Morgan fingerprint density at radius 3 is 2.51 bits per heavy atom. The zero-order valence-corrected chi connectivity index (χ0v) is 20.8. The van der Waals surface area contributed by atoms with Gasteiger partial charge in [0.25, 0.3) is 0 Å². The highest BCUT2D eigenvalue weighted by Crippen LogP contribution is 2.38. The molecule has 37 heavy (non-hydrogen) atoms. The van der Waals surface area contributed by atoms with Crippen LogP contribution < -0.4 is 10.0 Å². The summed E-state index contributed by atoms with van der Waals surface area (Å²) >= 11 is 1.11. The van der Waals surface area contributed by atoms with E-state index in [1.807, 2.05) is 0 Å². The highest BCUT2D eigenvalue weighted by atomic mass is 32.2. The molecule has 2 aliphatic rings. The Morgan fingerprint density at radius 2 is 1.86 bits per heavy atom. The van der Waals surface area contributed by atoms with Crippen LogP contribution in [0.4, 0.5) is 24.1 Å². The number of carbonyl (C=O) groups excluding carboxylic acids is 1. The first-order valence-corrected chi connectivity index (χ1v) is 13.7. The topological polar surface area (TPSA) is 136 Å². The number of hydrogen-bond donors (Lipinski definition) is 2. The lowest BCUT2D eigenvalue weighted by Gasteiger charge is -2.34. The Kier molecular flexibility index (Phi) is 6.62. The monoisotopic (exact) mass is 554 g/mol. The van der Waals surface area contributed by atoms with Gasteiger partial charge in [-0.25, -0.2) is 23.4 Å².